The quantitative estimate of drug-likeness (QED) is 0.493. The number of fused-ring (bicyclic) bond motifs is 1. The van der Waals surface area contributed by atoms with Gasteiger partial charge in [0.15, 0.2) is 0 Å². The molecular weight excluding hydrogens is 358 g/mol. The number of hydrogen-bond donors (Lipinski definition) is 3. The molecule has 0 aliphatic heterocycles. The van der Waals surface area contributed by atoms with Gasteiger partial charge in [0.1, 0.15) is 0 Å². The topological polar surface area (TPSA) is 126 Å². The normalized spacial score (nSPS) is 11.1. The molecule has 3 N–H and O–H groups in total. The van der Waals surface area contributed by atoms with Gasteiger partial charge in [0.05, 0.1) is 22.5 Å². The van der Waals surface area contributed by atoms with Gasteiger partial charge in [-0.1, -0.05) is 6.07 Å². The minimum atomic E-state index is -0.604. The monoisotopic (exact) mass is 371 g/mol. The number of nitrogens with one attached hydrogen (secondary N) is 3. The Morgan fingerprint density at radius 3 is 2.88 bits per heavy atom. The zero-order valence-corrected chi connectivity index (χ0v) is 14.1. The summed E-state index contributed by atoms with van der Waals surface area (Å²) in [7, 11) is 0. The summed E-state index contributed by atoms with van der Waals surface area (Å²) in [6.45, 7) is 0.1000. The van der Waals surface area contributed by atoms with E-state index in [1.807, 2.05) is 11.4 Å². The molecule has 1 aromatic carbocycles. The van der Waals surface area contributed by atoms with E-state index in [0.29, 0.717) is 16.7 Å². The molecule has 4 rings (SSSR count). The van der Waals surface area contributed by atoms with E-state index >= 15 is 0 Å². The molecule has 1 amide bonds. The number of H-pyrrole nitrogens is 2. The molecule has 3 aromatic heterocycles. The smallest absolute Gasteiger partial charge is 0.387 e. The summed E-state index contributed by atoms with van der Waals surface area (Å²) in [4.78, 5) is 41.2. The molecule has 0 saturated heterocycles. The maximum Gasteiger partial charge on any atom is 0.437 e. The Labute approximate surface area is 149 Å². The van der Waals surface area contributed by atoms with Crippen molar-refractivity contribution in [2.75, 3.05) is 5.32 Å². The molecule has 0 saturated carbocycles. The fourth-order valence-corrected chi connectivity index (χ4v) is 3.13. The zero-order valence-electron chi connectivity index (χ0n) is 13.3. The van der Waals surface area contributed by atoms with Crippen LogP contribution in [0.3, 0.4) is 0 Å². The van der Waals surface area contributed by atoms with Gasteiger partial charge in [-0.15, -0.1) is 16.4 Å². The van der Waals surface area contributed by atoms with E-state index in [4.69, 9.17) is 4.42 Å². The number of amides is 1. The summed E-state index contributed by atoms with van der Waals surface area (Å²) in [5.74, 6) is -0.644. The van der Waals surface area contributed by atoms with E-state index in [9.17, 15) is 14.4 Å². The average Bonchev–Trinajstić information content (AvgIpc) is 3.31. The highest BCUT2D eigenvalue weighted by Gasteiger charge is 2.12. The molecule has 3 heterocycles. The number of carbonyl (C=O) groups is 1. The van der Waals surface area contributed by atoms with E-state index in [2.05, 4.69) is 20.4 Å². The van der Waals surface area contributed by atoms with Crippen molar-refractivity contribution < 1.29 is 9.21 Å². The first-order valence-electron chi connectivity index (χ1n) is 7.72. The second-order valence-corrected chi connectivity index (χ2v) is 6.46. The van der Waals surface area contributed by atoms with Gasteiger partial charge in [-0.25, -0.2) is 9.59 Å². The molecule has 10 heteroatoms. The van der Waals surface area contributed by atoms with Crippen molar-refractivity contribution >= 4 is 34.0 Å². The molecule has 0 spiro atoms. The van der Waals surface area contributed by atoms with Crippen LogP contribution in [0.1, 0.15) is 6.42 Å². The first kappa shape index (κ1) is 16.1. The van der Waals surface area contributed by atoms with Crippen molar-refractivity contribution in [3.8, 4) is 10.8 Å². The highest BCUT2D eigenvalue weighted by atomic mass is 32.1. The third kappa shape index (κ3) is 3.22. The van der Waals surface area contributed by atoms with E-state index < -0.39 is 5.76 Å². The minimum absolute atomic E-state index is 0.0536. The predicted molar refractivity (Wildman–Crippen MR) is 96.2 cm³/mol. The number of aromatic nitrogens is 4. The lowest BCUT2D eigenvalue weighted by Crippen LogP contribution is -2.20. The maximum absolute atomic E-state index is 12.1. The first-order valence-corrected chi connectivity index (χ1v) is 8.60. The lowest BCUT2D eigenvalue weighted by atomic mass is 10.2. The van der Waals surface area contributed by atoms with Crippen LogP contribution in [0.2, 0.25) is 0 Å². The maximum atomic E-state index is 12.1. The van der Waals surface area contributed by atoms with E-state index in [-0.39, 0.29) is 30.5 Å². The molecule has 0 unspecified atom stereocenters. The van der Waals surface area contributed by atoms with Crippen LogP contribution in [0.4, 0.5) is 5.69 Å². The Balaban J connectivity index is 1.42. The molecule has 0 atom stereocenters. The van der Waals surface area contributed by atoms with Gasteiger partial charge in [0.2, 0.25) is 5.91 Å². The third-order valence-electron chi connectivity index (χ3n) is 3.69. The first-order chi connectivity index (χ1) is 12.6. The van der Waals surface area contributed by atoms with Crippen molar-refractivity contribution in [1.29, 1.82) is 0 Å². The number of aryl methyl sites for hydroxylation is 1. The van der Waals surface area contributed by atoms with Crippen LogP contribution >= 0.6 is 11.3 Å². The number of nitrogens with zero attached hydrogens (tertiary/aromatic N) is 2. The Morgan fingerprint density at radius 1 is 1.23 bits per heavy atom. The summed E-state index contributed by atoms with van der Waals surface area (Å²) >= 11 is 1.41. The Hall–Kier alpha value is -3.40. The number of hydrogen-bond acceptors (Lipinski definition) is 6. The van der Waals surface area contributed by atoms with Gasteiger partial charge < -0.3 is 19.7 Å². The van der Waals surface area contributed by atoms with Crippen molar-refractivity contribution in [2.45, 2.75) is 13.0 Å². The molecular formula is C16H13N5O4S. The van der Waals surface area contributed by atoms with Crippen LogP contribution in [0, 0.1) is 0 Å². The fraction of sp³-hybridized carbons (Fsp3) is 0.125. The second-order valence-electron chi connectivity index (χ2n) is 5.51. The van der Waals surface area contributed by atoms with E-state index in [0.717, 1.165) is 9.56 Å². The average molecular weight is 371 g/mol. The van der Waals surface area contributed by atoms with Crippen LogP contribution in [0.25, 0.3) is 21.8 Å². The molecule has 0 aliphatic carbocycles. The highest BCUT2D eigenvalue weighted by Crippen LogP contribution is 2.21. The van der Waals surface area contributed by atoms with Crippen molar-refractivity contribution in [1.82, 2.24) is 19.7 Å². The van der Waals surface area contributed by atoms with E-state index in [1.165, 1.54) is 11.3 Å². The Morgan fingerprint density at radius 2 is 2.08 bits per heavy atom. The van der Waals surface area contributed by atoms with Crippen molar-refractivity contribution in [3.05, 3.63) is 56.7 Å². The number of rotatable bonds is 5. The van der Waals surface area contributed by atoms with Gasteiger partial charge in [-0.3, -0.25) is 4.79 Å². The number of benzene rings is 1. The summed E-state index contributed by atoms with van der Waals surface area (Å²) in [6, 6.07) is 8.66. The summed E-state index contributed by atoms with van der Waals surface area (Å²) < 4.78 is 6.22. The third-order valence-corrected chi connectivity index (χ3v) is 4.55. The Bertz CT molecular complexity index is 1180. The largest absolute Gasteiger partial charge is 0.437 e. The highest BCUT2D eigenvalue weighted by molar-refractivity contribution is 7.13. The molecule has 26 heavy (non-hydrogen) atoms. The molecule has 0 radical (unpaired) electrons. The van der Waals surface area contributed by atoms with Crippen LogP contribution in [0.5, 0.6) is 0 Å². The lowest BCUT2D eigenvalue weighted by Gasteiger charge is -2.04. The summed E-state index contributed by atoms with van der Waals surface area (Å²) in [5, 5.41) is 8.68. The van der Waals surface area contributed by atoms with Gasteiger partial charge >= 0.3 is 11.4 Å². The van der Waals surface area contributed by atoms with Gasteiger partial charge in [-0.05, 0) is 29.6 Å². The molecule has 4 aromatic rings. The number of aromatic amines is 2. The molecule has 9 nitrogen and oxygen atoms in total. The van der Waals surface area contributed by atoms with Crippen molar-refractivity contribution in [2.24, 2.45) is 0 Å². The van der Waals surface area contributed by atoms with Gasteiger partial charge in [-0.2, -0.15) is 4.68 Å². The molecule has 0 bridgehead atoms. The van der Waals surface area contributed by atoms with Gasteiger partial charge in [0.25, 0.3) is 5.89 Å². The van der Waals surface area contributed by atoms with E-state index in [1.54, 1.807) is 24.3 Å². The summed E-state index contributed by atoms with van der Waals surface area (Å²) in [6.07, 6.45) is 0.0536. The lowest BCUT2D eigenvalue weighted by molar-refractivity contribution is -0.116. The number of anilines is 1. The van der Waals surface area contributed by atoms with Crippen LogP contribution < -0.4 is 16.8 Å². The van der Waals surface area contributed by atoms with Crippen molar-refractivity contribution in [3.63, 3.8) is 0 Å². The zero-order chi connectivity index (χ0) is 18.1. The SMILES string of the molecule is O=C(CCn1nc(-c2cccs2)oc1=O)Nc1ccc2[nH]c(=O)[nH]c2c1. The molecule has 132 valence electrons. The fourth-order valence-electron chi connectivity index (χ4n) is 2.49. The minimum Gasteiger partial charge on any atom is -0.387 e. The van der Waals surface area contributed by atoms with Crippen LogP contribution in [0.15, 0.2) is 49.7 Å². The van der Waals surface area contributed by atoms with Crippen LogP contribution in [-0.2, 0) is 11.3 Å². The predicted octanol–water partition coefficient (Wildman–Crippen LogP) is 1.76. The molecule has 0 fully saturated rings. The molecule has 0 aliphatic rings. The standard InChI is InChI=1S/C16H13N5O4S/c22-13(17-9-3-4-10-11(8-9)19-15(23)18-10)5-6-21-16(24)25-14(20-21)12-2-1-7-26-12/h1-4,7-8H,5-6H2,(H,17,22)(H2,18,19,23). The van der Waals surface area contributed by atoms with Gasteiger partial charge in [0, 0.05) is 12.1 Å². The Kier molecular flexibility index (Phi) is 4.01. The number of thiophene rings is 1. The van der Waals surface area contributed by atoms with Crippen LogP contribution in [-0.4, -0.2) is 25.7 Å². The number of carbonyl (C=O) groups excluding carboxylic acids is 1. The second kappa shape index (κ2) is 6.48. The number of imidazole rings is 1. The summed E-state index contributed by atoms with van der Waals surface area (Å²) in [5.41, 5.74) is 1.49.